The smallest absolute Gasteiger partial charge is 0.235 e. The molecule has 86 valence electrons. The molecule has 0 radical (unpaired) electrons. The number of rotatable bonds is 2. The summed E-state index contributed by atoms with van der Waals surface area (Å²) < 4.78 is 0. The maximum Gasteiger partial charge on any atom is 0.235 e. The molecule has 0 bridgehead atoms. The van der Waals surface area contributed by atoms with Gasteiger partial charge < -0.3 is 10.6 Å². The lowest BCUT2D eigenvalue weighted by Gasteiger charge is -2.35. The second kappa shape index (κ2) is 4.47. The molecule has 2 N–H and O–H groups in total. The van der Waals surface area contributed by atoms with Gasteiger partial charge in [-0.2, -0.15) is 0 Å². The Kier molecular flexibility index (Phi) is 3.71. The van der Waals surface area contributed by atoms with Crippen molar-refractivity contribution in [2.75, 3.05) is 13.1 Å². The molecule has 1 fully saturated rings. The summed E-state index contributed by atoms with van der Waals surface area (Å²) >= 11 is 4.93. The number of nitrogens with two attached hydrogens (primary N) is 1. The zero-order chi connectivity index (χ0) is 11.6. The molecular formula is C11H20N2OS. The molecule has 0 atom stereocenters. The Hall–Kier alpha value is -0.640. The first-order valence-corrected chi connectivity index (χ1v) is 5.86. The minimum Gasteiger partial charge on any atom is -0.392 e. The van der Waals surface area contributed by atoms with E-state index in [1.54, 1.807) is 13.8 Å². The van der Waals surface area contributed by atoms with E-state index in [0.717, 1.165) is 31.8 Å². The van der Waals surface area contributed by atoms with Gasteiger partial charge >= 0.3 is 0 Å². The monoisotopic (exact) mass is 228 g/mol. The van der Waals surface area contributed by atoms with E-state index in [9.17, 15) is 4.79 Å². The van der Waals surface area contributed by atoms with Crippen LogP contribution in [0.3, 0.4) is 0 Å². The first kappa shape index (κ1) is 12.4. The van der Waals surface area contributed by atoms with E-state index in [0.29, 0.717) is 0 Å². The summed E-state index contributed by atoms with van der Waals surface area (Å²) in [5, 5.41) is 0. The molecule has 1 saturated heterocycles. The van der Waals surface area contributed by atoms with Gasteiger partial charge in [-0.15, -0.1) is 0 Å². The summed E-state index contributed by atoms with van der Waals surface area (Å²) in [6.45, 7) is 7.50. The van der Waals surface area contributed by atoms with Gasteiger partial charge in [0, 0.05) is 13.1 Å². The van der Waals surface area contributed by atoms with Gasteiger partial charge in [-0.1, -0.05) is 19.1 Å². The Morgan fingerprint density at radius 2 is 1.87 bits per heavy atom. The number of nitrogens with zero attached hydrogens (tertiary/aromatic N) is 1. The standard InChI is InChI=1S/C11H20N2OS/c1-8-4-6-13(7-5-8)10(14)11(2,3)9(12)15/h8H,4-7H2,1-3H3,(H2,12,15). The highest BCUT2D eigenvalue weighted by Gasteiger charge is 2.35. The van der Waals surface area contributed by atoms with Crippen LogP contribution in [0.1, 0.15) is 33.6 Å². The van der Waals surface area contributed by atoms with Gasteiger partial charge in [-0.25, -0.2) is 0 Å². The number of hydrogen-bond acceptors (Lipinski definition) is 2. The van der Waals surface area contributed by atoms with Gasteiger partial charge in [0.15, 0.2) is 0 Å². The molecule has 0 aromatic heterocycles. The van der Waals surface area contributed by atoms with Crippen molar-refractivity contribution in [2.24, 2.45) is 17.1 Å². The molecule has 1 aliphatic heterocycles. The predicted molar refractivity (Wildman–Crippen MR) is 65.5 cm³/mol. The highest BCUT2D eigenvalue weighted by Crippen LogP contribution is 2.24. The molecular weight excluding hydrogens is 208 g/mol. The third kappa shape index (κ3) is 2.68. The lowest BCUT2D eigenvalue weighted by molar-refractivity contribution is -0.138. The van der Waals surface area contributed by atoms with Crippen molar-refractivity contribution < 1.29 is 4.79 Å². The Bertz CT molecular complexity index is 268. The quantitative estimate of drug-likeness (QED) is 0.730. The molecule has 0 saturated carbocycles. The zero-order valence-corrected chi connectivity index (χ0v) is 10.6. The van der Waals surface area contributed by atoms with Crippen molar-refractivity contribution in [3.63, 3.8) is 0 Å². The lowest BCUT2D eigenvalue weighted by atomic mass is 9.89. The molecule has 1 rings (SSSR count). The van der Waals surface area contributed by atoms with E-state index in [2.05, 4.69) is 6.92 Å². The van der Waals surface area contributed by atoms with Gasteiger partial charge in [-0.05, 0) is 32.6 Å². The van der Waals surface area contributed by atoms with E-state index >= 15 is 0 Å². The first-order chi connectivity index (χ1) is 6.85. The molecule has 3 nitrogen and oxygen atoms in total. The Morgan fingerprint density at radius 3 is 2.27 bits per heavy atom. The lowest BCUT2D eigenvalue weighted by Crippen LogP contribution is -2.49. The van der Waals surface area contributed by atoms with Crippen molar-refractivity contribution in [2.45, 2.75) is 33.6 Å². The van der Waals surface area contributed by atoms with Gasteiger partial charge in [-0.3, -0.25) is 4.79 Å². The van der Waals surface area contributed by atoms with Crippen LogP contribution in [0.5, 0.6) is 0 Å². The Morgan fingerprint density at radius 1 is 1.40 bits per heavy atom. The Labute approximate surface area is 97.0 Å². The van der Waals surface area contributed by atoms with E-state index in [1.165, 1.54) is 0 Å². The maximum absolute atomic E-state index is 12.1. The highest BCUT2D eigenvalue weighted by atomic mass is 32.1. The summed E-state index contributed by atoms with van der Waals surface area (Å²) in [6.07, 6.45) is 2.16. The average molecular weight is 228 g/mol. The summed E-state index contributed by atoms with van der Waals surface area (Å²) in [5.41, 5.74) is 4.89. The van der Waals surface area contributed by atoms with Crippen LogP contribution in [0.4, 0.5) is 0 Å². The number of piperidine rings is 1. The largest absolute Gasteiger partial charge is 0.392 e. The second-order valence-corrected chi connectivity index (χ2v) is 5.40. The molecule has 0 aliphatic carbocycles. The number of amides is 1. The van der Waals surface area contributed by atoms with Crippen molar-refractivity contribution in [3.05, 3.63) is 0 Å². The minimum atomic E-state index is -0.699. The summed E-state index contributed by atoms with van der Waals surface area (Å²) in [4.78, 5) is 14.3. The molecule has 1 amide bonds. The van der Waals surface area contributed by atoms with Crippen LogP contribution < -0.4 is 5.73 Å². The van der Waals surface area contributed by atoms with Gasteiger partial charge in [0.25, 0.3) is 0 Å². The molecule has 1 heterocycles. The molecule has 0 unspecified atom stereocenters. The van der Waals surface area contributed by atoms with E-state index in [-0.39, 0.29) is 10.9 Å². The fraction of sp³-hybridized carbons (Fsp3) is 0.818. The van der Waals surface area contributed by atoms with Crippen molar-refractivity contribution in [1.29, 1.82) is 0 Å². The van der Waals surface area contributed by atoms with Gasteiger partial charge in [0.2, 0.25) is 5.91 Å². The number of likely N-dealkylation sites (tertiary alicyclic amines) is 1. The minimum absolute atomic E-state index is 0.0712. The topological polar surface area (TPSA) is 46.3 Å². The zero-order valence-electron chi connectivity index (χ0n) is 9.75. The van der Waals surface area contributed by atoms with E-state index in [4.69, 9.17) is 18.0 Å². The summed E-state index contributed by atoms with van der Waals surface area (Å²) in [5.74, 6) is 0.795. The second-order valence-electron chi connectivity index (χ2n) is 4.96. The van der Waals surface area contributed by atoms with Crippen molar-refractivity contribution >= 4 is 23.1 Å². The number of carbonyl (C=O) groups is 1. The molecule has 0 aromatic rings. The number of hydrogen-bond donors (Lipinski definition) is 1. The molecule has 1 aliphatic rings. The predicted octanol–water partition coefficient (Wildman–Crippen LogP) is 1.56. The summed E-state index contributed by atoms with van der Waals surface area (Å²) in [7, 11) is 0. The van der Waals surface area contributed by atoms with Gasteiger partial charge in [0.05, 0.1) is 10.4 Å². The van der Waals surface area contributed by atoms with E-state index < -0.39 is 5.41 Å². The van der Waals surface area contributed by atoms with Crippen LogP contribution in [0, 0.1) is 11.3 Å². The van der Waals surface area contributed by atoms with Crippen molar-refractivity contribution in [3.8, 4) is 0 Å². The van der Waals surface area contributed by atoms with Crippen LogP contribution in [0.25, 0.3) is 0 Å². The van der Waals surface area contributed by atoms with Crippen LogP contribution in [0.15, 0.2) is 0 Å². The van der Waals surface area contributed by atoms with Crippen LogP contribution in [0.2, 0.25) is 0 Å². The summed E-state index contributed by atoms with van der Waals surface area (Å²) in [6, 6.07) is 0. The van der Waals surface area contributed by atoms with Crippen LogP contribution >= 0.6 is 12.2 Å². The SMILES string of the molecule is CC1CCN(C(=O)C(C)(C)C(N)=S)CC1. The molecule has 0 spiro atoms. The van der Waals surface area contributed by atoms with Crippen LogP contribution in [-0.2, 0) is 4.79 Å². The molecule has 4 heteroatoms. The fourth-order valence-electron chi connectivity index (χ4n) is 1.71. The van der Waals surface area contributed by atoms with Gasteiger partial charge in [0.1, 0.15) is 0 Å². The van der Waals surface area contributed by atoms with Crippen molar-refractivity contribution in [1.82, 2.24) is 4.90 Å². The third-order valence-corrected chi connectivity index (χ3v) is 3.73. The fourth-order valence-corrected chi connectivity index (χ4v) is 1.80. The van der Waals surface area contributed by atoms with Crippen LogP contribution in [-0.4, -0.2) is 28.9 Å². The average Bonchev–Trinajstić information content (AvgIpc) is 2.17. The third-order valence-electron chi connectivity index (χ3n) is 3.22. The number of carbonyl (C=O) groups excluding carboxylic acids is 1. The first-order valence-electron chi connectivity index (χ1n) is 5.45. The normalized spacial score (nSPS) is 19.0. The maximum atomic E-state index is 12.1. The Balaban J connectivity index is 2.65. The van der Waals surface area contributed by atoms with E-state index in [1.807, 2.05) is 4.90 Å². The highest BCUT2D eigenvalue weighted by molar-refractivity contribution is 7.80. The molecule has 15 heavy (non-hydrogen) atoms. The number of thiocarbonyl (C=S) groups is 1. The molecule has 0 aromatic carbocycles.